The average molecular weight is 143 g/mol. The van der Waals surface area contributed by atoms with E-state index < -0.39 is 0 Å². The molecule has 0 spiro atoms. The molecule has 1 amide bonds. The van der Waals surface area contributed by atoms with Crippen molar-refractivity contribution in [1.82, 2.24) is 5.32 Å². The quantitative estimate of drug-likeness (QED) is 0.549. The molecule has 1 N–H and O–H groups in total. The Kier molecular flexibility index (Phi) is 2.65. The van der Waals surface area contributed by atoms with Crippen molar-refractivity contribution in [2.75, 3.05) is 19.8 Å². The molecule has 1 aliphatic rings. The average Bonchev–Trinajstić information content (AvgIpc) is 1.95. The molecule has 1 unspecified atom stereocenters. The SMILES string of the molecule is [CH]OCC1CNC(=O)CO1. The van der Waals surface area contributed by atoms with Crippen molar-refractivity contribution in [3.63, 3.8) is 0 Å². The van der Waals surface area contributed by atoms with E-state index in [0.29, 0.717) is 13.2 Å². The zero-order chi connectivity index (χ0) is 7.40. The summed E-state index contributed by atoms with van der Waals surface area (Å²) in [5.74, 6) is -0.0896. The summed E-state index contributed by atoms with van der Waals surface area (Å²) >= 11 is 0. The smallest absolute Gasteiger partial charge is 0.246 e. The Morgan fingerprint density at radius 3 is 3.20 bits per heavy atom. The van der Waals surface area contributed by atoms with Gasteiger partial charge >= 0.3 is 0 Å². The van der Waals surface area contributed by atoms with Crippen molar-refractivity contribution < 1.29 is 14.3 Å². The summed E-state index contributed by atoms with van der Waals surface area (Å²) in [5.41, 5.74) is 0. The number of carbonyl (C=O) groups excluding carboxylic acids is 1. The molecule has 0 aromatic heterocycles. The number of hydrogen-bond donors (Lipinski definition) is 1. The fourth-order valence-electron chi connectivity index (χ4n) is 0.746. The van der Waals surface area contributed by atoms with Crippen LogP contribution in [0.5, 0.6) is 0 Å². The van der Waals surface area contributed by atoms with E-state index in [-0.39, 0.29) is 18.6 Å². The molecule has 4 nitrogen and oxygen atoms in total. The molecule has 0 aromatic carbocycles. The fraction of sp³-hybridized carbons (Fsp3) is 0.667. The van der Waals surface area contributed by atoms with E-state index in [1.54, 1.807) is 0 Å². The van der Waals surface area contributed by atoms with Gasteiger partial charge in [0.2, 0.25) is 5.91 Å². The van der Waals surface area contributed by atoms with Gasteiger partial charge in [-0.3, -0.25) is 4.79 Å². The van der Waals surface area contributed by atoms with Crippen LogP contribution in [0.1, 0.15) is 0 Å². The van der Waals surface area contributed by atoms with E-state index >= 15 is 0 Å². The van der Waals surface area contributed by atoms with Crippen LogP contribution in [-0.2, 0) is 14.3 Å². The van der Waals surface area contributed by atoms with Gasteiger partial charge in [-0.25, -0.2) is 0 Å². The molecule has 1 rings (SSSR count). The highest BCUT2D eigenvalue weighted by Crippen LogP contribution is 1.96. The molecule has 0 saturated carbocycles. The van der Waals surface area contributed by atoms with Crippen LogP contribution in [0.25, 0.3) is 0 Å². The first-order chi connectivity index (χ1) is 4.83. The molecule has 0 aromatic rings. The normalized spacial score (nSPS) is 26.1. The van der Waals surface area contributed by atoms with Gasteiger partial charge in [0, 0.05) is 6.54 Å². The first kappa shape index (κ1) is 7.50. The van der Waals surface area contributed by atoms with Crippen molar-refractivity contribution in [2.45, 2.75) is 6.10 Å². The van der Waals surface area contributed by atoms with Gasteiger partial charge in [-0.1, -0.05) is 0 Å². The number of nitrogens with one attached hydrogen (secondary N) is 1. The molecular weight excluding hydrogens is 134 g/mol. The second-order valence-corrected chi connectivity index (χ2v) is 2.07. The molecule has 0 aliphatic carbocycles. The summed E-state index contributed by atoms with van der Waals surface area (Å²) in [6.45, 7) is 0.907. The Bertz CT molecular complexity index is 116. The minimum atomic E-state index is -0.0947. The molecule has 1 saturated heterocycles. The summed E-state index contributed by atoms with van der Waals surface area (Å²) in [6, 6.07) is 0. The third-order valence-electron chi connectivity index (χ3n) is 1.26. The molecule has 0 bridgehead atoms. The topological polar surface area (TPSA) is 47.6 Å². The highest BCUT2D eigenvalue weighted by Gasteiger charge is 2.17. The van der Waals surface area contributed by atoms with Crippen LogP contribution in [0.4, 0.5) is 0 Å². The third-order valence-corrected chi connectivity index (χ3v) is 1.26. The van der Waals surface area contributed by atoms with Gasteiger partial charge in [0.1, 0.15) is 13.7 Å². The number of rotatable bonds is 2. The maximum atomic E-state index is 10.5. The second kappa shape index (κ2) is 3.53. The van der Waals surface area contributed by atoms with Crippen molar-refractivity contribution in [3.8, 4) is 0 Å². The Labute approximate surface area is 59.5 Å². The predicted octanol–water partition coefficient (Wildman–Crippen LogP) is -0.813. The second-order valence-electron chi connectivity index (χ2n) is 2.07. The molecular formula is C6H9NO3. The number of morpholine rings is 1. The number of carbonyl (C=O) groups is 1. The minimum absolute atomic E-state index is 0.0896. The Balaban J connectivity index is 2.19. The summed E-state index contributed by atoms with van der Waals surface area (Å²) in [5, 5.41) is 2.62. The van der Waals surface area contributed by atoms with Gasteiger partial charge < -0.3 is 14.8 Å². The zero-order valence-electron chi connectivity index (χ0n) is 5.50. The van der Waals surface area contributed by atoms with Gasteiger partial charge in [-0.15, -0.1) is 0 Å². The van der Waals surface area contributed by atoms with Crippen molar-refractivity contribution >= 4 is 5.91 Å². The lowest BCUT2D eigenvalue weighted by molar-refractivity contribution is -0.134. The minimum Gasteiger partial charge on any atom is -0.370 e. The van der Waals surface area contributed by atoms with Crippen LogP contribution < -0.4 is 5.32 Å². The maximum absolute atomic E-state index is 10.5. The highest BCUT2D eigenvalue weighted by molar-refractivity contribution is 5.77. The first-order valence-electron chi connectivity index (χ1n) is 3.03. The summed E-state index contributed by atoms with van der Waals surface area (Å²) in [6.07, 6.45) is -0.0947. The standard InChI is InChI=1S/C6H9NO3/c1-9-3-5-2-7-6(8)4-10-5/h1,5H,2-4H2,(H,7,8). The Morgan fingerprint density at radius 1 is 1.90 bits per heavy atom. The lowest BCUT2D eigenvalue weighted by Gasteiger charge is -2.21. The first-order valence-corrected chi connectivity index (χ1v) is 3.03. The van der Waals surface area contributed by atoms with Crippen LogP contribution in [0, 0.1) is 7.11 Å². The Hall–Kier alpha value is -0.610. The van der Waals surface area contributed by atoms with E-state index in [4.69, 9.17) is 11.8 Å². The third kappa shape index (κ3) is 1.97. The molecule has 10 heavy (non-hydrogen) atoms. The van der Waals surface area contributed by atoms with Gasteiger partial charge in [0.15, 0.2) is 0 Å². The van der Waals surface area contributed by atoms with Crippen LogP contribution in [0.15, 0.2) is 0 Å². The van der Waals surface area contributed by atoms with Crippen LogP contribution >= 0.6 is 0 Å². The van der Waals surface area contributed by atoms with Gasteiger partial charge in [-0.05, 0) is 0 Å². The van der Waals surface area contributed by atoms with E-state index in [1.807, 2.05) is 0 Å². The van der Waals surface area contributed by atoms with Crippen LogP contribution in [-0.4, -0.2) is 31.8 Å². The van der Waals surface area contributed by atoms with Gasteiger partial charge in [0.05, 0.1) is 12.7 Å². The van der Waals surface area contributed by atoms with Crippen molar-refractivity contribution in [1.29, 1.82) is 0 Å². The zero-order valence-corrected chi connectivity index (χ0v) is 5.50. The van der Waals surface area contributed by atoms with Gasteiger partial charge in [-0.2, -0.15) is 0 Å². The maximum Gasteiger partial charge on any atom is 0.246 e. The molecule has 1 aliphatic heterocycles. The molecule has 1 atom stereocenters. The number of amides is 1. The van der Waals surface area contributed by atoms with Crippen LogP contribution in [0.3, 0.4) is 0 Å². The highest BCUT2D eigenvalue weighted by atomic mass is 16.5. The summed E-state index contributed by atoms with van der Waals surface area (Å²) < 4.78 is 9.35. The lowest BCUT2D eigenvalue weighted by atomic mass is 10.3. The molecule has 2 radical (unpaired) electrons. The summed E-state index contributed by atoms with van der Waals surface area (Å²) in [4.78, 5) is 10.5. The predicted molar refractivity (Wildman–Crippen MR) is 33.0 cm³/mol. The van der Waals surface area contributed by atoms with E-state index in [1.165, 1.54) is 0 Å². The lowest BCUT2D eigenvalue weighted by Crippen LogP contribution is -2.44. The number of hydrogen-bond acceptors (Lipinski definition) is 3. The largest absolute Gasteiger partial charge is 0.370 e. The van der Waals surface area contributed by atoms with E-state index in [9.17, 15) is 4.79 Å². The van der Waals surface area contributed by atoms with E-state index in [2.05, 4.69) is 10.1 Å². The fourth-order valence-corrected chi connectivity index (χ4v) is 0.746. The number of ether oxygens (including phenoxy) is 2. The monoisotopic (exact) mass is 143 g/mol. The molecule has 4 heteroatoms. The van der Waals surface area contributed by atoms with E-state index in [0.717, 1.165) is 0 Å². The molecule has 1 fully saturated rings. The molecule has 1 heterocycles. The molecule has 56 valence electrons. The summed E-state index contributed by atoms with van der Waals surface area (Å²) in [7, 11) is 4.80. The van der Waals surface area contributed by atoms with Gasteiger partial charge in [0.25, 0.3) is 0 Å². The van der Waals surface area contributed by atoms with Crippen LogP contribution in [0.2, 0.25) is 0 Å². The Morgan fingerprint density at radius 2 is 2.70 bits per heavy atom. The van der Waals surface area contributed by atoms with Crippen molar-refractivity contribution in [2.24, 2.45) is 0 Å². The van der Waals surface area contributed by atoms with Crippen molar-refractivity contribution in [3.05, 3.63) is 7.11 Å².